The lowest BCUT2D eigenvalue weighted by Crippen LogP contribution is -2.45. The van der Waals surface area contributed by atoms with E-state index in [1.807, 2.05) is 0 Å². The van der Waals surface area contributed by atoms with Crippen LogP contribution >= 0.6 is 0 Å². The molecule has 0 amide bonds. The third-order valence-electron chi connectivity index (χ3n) is 0.989. The Morgan fingerprint density at radius 2 is 1.85 bits per heavy atom. The summed E-state index contributed by atoms with van der Waals surface area (Å²) in [6, 6.07) is 0. The summed E-state index contributed by atoms with van der Waals surface area (Å²) < 4.78 is 62.6. The van der Waals surface area contributed by atoms with E-state index in [0.29, 0.717) is 0 Å². The molecule has 0 aliphatic rings. The Balaban J connectivity index is 4.56. The Labute approximate surface area is 70.0 Å². The molecule has 2 nitrogen and oxygen atoms in total. The average Bonchev–Trinajstić information content (AvgIpc) is 2.03. The van der Waals surface area contributed by atoms with E-state index in [1.165, 1.54) is 0 Å². The molecule has 0 unspecified atom stereocenters. The van der Waals surface area contributed by atoms with Gasteiger partial charge < -0.3 is 4.74 Å². The molecule has 13 heavy (non-hydrogen) atoms. The Morgan fingerprint density at radius 3 is 2.15 bits per heavy atom. The molecule has 0 bridgehead atoms. The second-order valence-corrected chi connectivity index (χ2v) is 1.98. The number of rotatable bonds is 4. The fraction of sp³-hybridized carbons (Fsp3) is 0.500. The molecule has 0 spiro atoms. The van der Waals surface area contributed by atoms with Crippen LogP contribution in [0.2, 0.25) is 0 Å². The molecule has 0 heterocycles. The van der Waals surface area contributed by atoms with Gasteiger partial charge in [-0.15, -0.1) is 0 Å². The quantitative estimate of drug-likeness (QED) is 0.397. The van der Waals surface area contributed by atoms with Crippen LogP contribution in [0.3, 0.4) is 0 Å². The summed E-state index contributed by atoms with van der Waals surface area (Å²) in [6.07, 6.45) is -4.89. The Hall–Kier alpha value is -1.14. The number of carbonyl (C=O) groups excluding carboxylic acids is 1. The Bertz CT molecular complexity index is 213. The minimum Gasteiger partial charge on any atom is -0.393 e. The predicted molar refractivity (Wildman–Crippen MR) is 32.2 cm³/mol. The molecule has 0 aromatic rings. The molecule has 0 aromatic carbocycles. The summed E-state index contributed by atoms with van der Waals surface area (Å²) in [5.74, 6) is -6.77. The van der Waals surface area contributed by atoms with Crippen LogP contribution in [0.5, 0.6) is 0 Å². The normalized spacial score (nSPS) is 12.4. The van der Waals surface area contributed by atoms with Crippen LogP contribution in [0.15, 0.2) is 12.7 Å². The van der Waals surface area contributed by atoms with Gasteiger partial charge in [0, 0.05) is 6.08 Å². The van der Waals surface area contributed by atoms with Gasteiger partial charge in [0.15, 0.2) is 6.67 Å². The Kier molecular flexibility index (Phi) is 3.39. The lowest BCUT2D eigenvalue weighted by molar-refractivity contribution is -0.331. The zero-order chi connectivity index (χ0) is 10.7. The molecule has 76 valence electrons. The number of halogens is 5. The molecule has 0 aliphatic heterocycles. The van der Waals surface area contributed by atoms with Gasteiger partial charge in [0.05, 0.1) is 0 Å². The number of hydrogen-bond donors (Lipinski definition) is 0. The highest BCUT2D eigenvalue weighted by atomic mass is 19.3. The van der Waals surface area contributed by atoms with E-state index in [-0.39, 0.29) is 6.08 Å². The molecular formula is C6H5F5O2. The summed E-state index contributed by atoms with van der Waals surface area (Å²) in [6.45, 7) is 0.0855. The van der Waals surface area contributed by atoms with Crippen molar-refractivity contribution in [2.24, 2.45) is 0 Å². The second-order valence-electron chi connectivity index (χ2n) is 1.98. The number of alkyl halides is 5. The number of hydrogen-bond acceptors (Lipinski definition) is 2. The molecule has 0 radical (unpaired) electrons. The molecule has 7 heteroatoms. The van der Waals surface area contributed by atoms with Gasteiger partial charge in [-0.05, 0) is 0 Å². The minimum absolute atomic E-state index is 0.266. The zero-order valence-corrected chi connectivity index (χ0v) is 6.20. The SMILES string of the molecule is C=CC(=O)OC(F)(F)C(F)(F)CF. The maximum Gasteiger partial charge on any atom is 0.469 e. The summed E-state index contributed by atoms with van der Waals surface area (Å²) in [5.41, 5.74) is 0. The first-order valence-corrected chi connectivity index (χ1v) is 2.94. The van der Waals surface area contributed by atoms with Crippen molar-refractivity contribution in [2.75, 3.05) is 6.67 Å². The smallest absolute Gasteiger partial charge is 0.393 e. The molecule has 0 aliphatic carbocycles. The molecule has 0 aromatic heterocycles. The van der Waals surface area contributed by atoms with Gasteiger partial charge in [0.1, 0.15) is 0 Å². The van der Waals surface area contributed by atoms with Crippen LogP contribution in [-0.2, 0) is 9.53 Å². The van der Waals surface area contributed by atoms with Crippen LogP contribution in [0.25, 0.3) is 0 Å². The number of esters is 1. The van der Waals surface area contributed by atoms with Crippen molar-refractivity contribution in [1.29, 1.82) is 0 Å². The fourth-order valence-corrected chi connectivity index (χ4v) is 0.320. The standard InChI is InChI=1S/C6H5F5O2/c1-2-4(12)13-6(10,11)5(8,9)3-7/h2H,1,3H2. The van der Waals surface area contributed by atoms with Gasteiger partial charge >= 0.3 is 18.0 Å². The minimum atomic E-state index is -5.16. The van der Waals surface area contributed by atoms with Crippen molar-refractivity contribution in [3.8, 4) is 0 Å². The summed E-state index contributed by atoms with van der Waals surface area (Å²) in [4.78, 5) is 10.1. The van der Waals surface area contributed by atoms with Crippen molar-refractivity contribution in [3.05, 3.63) is 12.7 Å². The highest BCUT2D eigenvalue weighted by Crippen LogP contribution is 2.35. The van der Waals surface area contributed by atoms with Crippen LogP contribution < -0.4 is 0 Å². The van der Waals surface area contributed by atoms with Crippen molar-refractivity contribution < 1.29 is 31.5 Å². The average molecular weight is 204 g/mol. The van der Waals surface area contributed by atoms with Gasteiger partial charge in [-0.2, -0.15) is 17.6 Å². The van der Waals surface area contributed by atoms with E-state index < -0.39 is 24.7 Å². The number of ether oxygens (including phenoxy) is 1. The topological polar surface area (TPSA) is 26.3 Å². The molecule has 0 rings (SSSR count). The van der Waals surface area contributed by atoms with Crippen LogP contribution in [-0.4, -0.2) is 24.7 Å². The first kappa shape index (κ1) is 11.9. The summed E-state index contributed by atoms with van der Waals surface area (Å²) >= 11 is 0. The number of carbonyl (C=O) groups is 1. The monoisotopic (exact) mass is 204 g/mol. The third kappa shape index (κ3) is 2.67. The van der Waals surface area contributed by atoms with Crippen molar-refractivity contribution >= 4 is 5.97 Å². The van der Waals surface area contributed by atoms with Crippen LogP contribution in [0.1, 0.15) is 0 Å². The lowest BCUT2D eigenvalue weighted by atomic mass is 10.3. The summed E-state index contributed by atoms with van der Waals surface area (Å²) in [5, 5.41) is 0. The molecular weight excluding hydrogens is 199 g/mol. The van der Waals surface area contributed by atoms with Gasteiger partial charge in [-0.25, -0.2) is 9.18 Å². The van der Waals surface area contributed by atoms with Crippen molar-refractivity contribution in [1.82, 2.24) is 0 Å². The second kappa shape index (κ2) is 3.71. The highest BCUT2D eigenvalue weighted by Gasteiger charge is 2.60. The van der Waals surface area contributed by atoms with Gasteiger partial charge in [0.2, 0.25) is 0 Å². The van der Waals surface area contributed by atoms with E-state index in [1.54, 1.807) is 0 Å². The first-order chi connectivity index (χ1) is 5.77. The molecule has 0 N–H and O–H groups in total. The largest absolute Gasteiger partial charge is 0.469 e. The van der Waals surface area contributed by atoms with E-state index in [9.17, 15) is 26.7 Å². The highest BCUT2D eigenvalue weighted by molar-refractivity contribution is 5.81. The van der Waals surface area contributed by atoms with E-state index in [2.05, 4.69) is 11.3 Å². The predicted octanol–water partition coefficient (Wildman–Crippen LogP) is 1.91. The zero-order valence-electron chi connectivity index (χ0n) is 6.20. The van der Waals surface area contributed by atoms with Crippen molar-refractivity contribution in [3.63, 3.8) is 0 Å². The molecule has 0 fully saturated rings. The van der Waals surface area contributed by atoms with Gasteiger partial charge in [-0.1, -0.05) is 6.58 Å². The fourth-order valence-electron chi connectivity index (χ4n) is 0.320. The summed E-state index contributed by atoms with van der Waals surface area (Å²) in [7, 11) is 0. The van der Waals surface area contributed by atoms with Crippen molar-refractivity contribution in [2.45, 2.75) is 12.0 Å². The lowest BCUT2D eigenvalue weighted by Gasteiger charge is -2.22. The van der Waals surface area contributed by atoms with Crippen LogP contribution in [0, 0.1) is 0 Å². The van der Waals surface area contributed by atoms with E-state index in [0.717, 1.165) is 0 Å². The third-order valence-corrected chi connectivity index (χ3v) is 0.989. The first-order valence-electron chi connectivity index (χ1n) is 2.94. The van der Waals surface area contributed by atoms with Gasteiger partial charge in [0.25, 0.3) is 0 Å². The molecule has 0 saturated heterocycles. The van der Waals surface area contributed by atoms with Crippen LogP contribution in [0.4, 0.5) is 22.0 Å². The molecule has 0 atom stereocenters. The molecule has 0 saturated carbocycles. The maximum atomic E-state index is 12.2. The maximum absolute atomic E-state index is 12.2. The van der Waals surface area contributed by atoms with E-state index >= 15 is 0 Å². The van der Waals surface area contributed by atoms with Gasteiger partial charge in [-0.3, -0.25) is 0 Å². The Morgan fingerprint density at radius 1 is 1.38 bits per heavy atom. The van der Waals surface area contributed by atoms with E-state index in [4.69, 9.17) is 0 Å².